The van der Waals surface area contributed by atoms with Gasteiger partial charge in [0.05, 0.1) is 5.71 Å². The maximum Gasteiger partial charge on any atom is 0.277 e. The highest BCUT2D eigenvalue weighted by Crippen LogP contribution is 2.26. The molecule has 0 unspecified atom stereocenters. The molecule has 1 aliphatic rings. The van der Waals surface area contributed by atoms with Crippen molar-refractivity contribution in [1.82, 2.24) is 5.43 Å². The lowest BCUT2D eigenvalue weighted by molar-refractivity contribution is -0.123. The van der Waals surface area contributed by atoms with Crippen LogP contribution < -0.4 is 10.2 Å². The summed E-state index contributed by atoms with van der Waals surface area (Å²) >= 11 is 0. The van der Waals surface area contributed by atoms with E-state index in [4.69, 9.17) is 4.74 Å². The molecule has 0 fully saturated rings. The third kappa shape index (κ3) is 4.81. The molecule has 1 aliphatic carbocycles. The van der Waals surface area contributed by atoms with Crippen LogP contribution >= 0.6 is 0 Å². The summed E-state index contributed by atoms with van der Waals surface area (Å²) in [6, 6.07) is 7.61. The zero-order valence-corrected chi connectivity index (χ0v) is 14.1. The molecule has 1 N–H and O–H groups in total. The topological polar surface area (TPSA) is 50.7 Å². The van der Waals surface area contributed by atoms with Crippen LogP contribution in [0.25, 0.3) is 0 Å². The largest absolute Gasteiger partial charge is 0.483 e. The van der Waals surface area contributed by atoms with E-state index in [0.717, 1.165) is 35.3 Å². The van der Waals surface area contributed by atoms with Crippen LogP contribution in [0.3, 0.4) is 0 Å². The van der Waals surface area contributed by atoms with Crippen molar-refractivity contribution in [2.75, 3.05) is 6.61 Å². The Balaban J connectivity index is 1.90. The first-order chi connectivity index (χ1) is 11.0. The number of hydrogen-bond acceptors (Lipinski definition) is 3. The van der Waals surface area contributed by atoms with E-state index in [1.54, 1.807) is 0 Å². The predicted molar refractivity (Wildman–Crippen MR) is 93.5 cm³/mol. The highest BCUT2D eigenvalue weighted by atomic mass is 16.5. The van der Waals surface area contributed by atoms with Gasteiger partial charge in [-0.2, -0.15) is 5.10 Å². The molecule has 0 saturated carbocycles. The maximum absolute atomic E-state index is 11.9. The van der Waals surface area contributed by atoms with Gasteiger partial charge in [0.1, 0.15) is 5.75 Å². The lowest BCUT2D eigenvalue weighted by Gasteiger charge is -2.22. The number of carbonyl (C=O) groups is 1. The van der Waals surface area contributed by atoms with Crippen molar-refractivity contribution in [3.8, 4) is 5.75 Å². The van der Waals surface area contributed by atoms with Gasteiger partial charge in [0.25, 0.3) is 5.91 Å². The zero-order chi connectivity index (χ0) is 16.8. The maximum atomic E-state index is 11.9. The van der Waals surface area contributed by atoms with Crippen LogP contribution in [0.5, 0.6) is 5.75 Å². The first-order valence-corrected chi connectivity index (χ1v) is 7.83. The SMILES string of the molecule is C=C(C)[C@@H]1CC=C(C)C(=NNC(=O)COc2ccccc2C)C1. The number of carbonyl (C=O) groups excluding carboxylic acids is 1. The number of nitrogens with one attached hydrogen (secondary N) is 1. The van der Waals surface area contributed by atoms with E-state index in [-0.39, 0.29) is 12.5 Å². The van der Waals surface area contributed by atoms with Crippen LogP contribution in [-0.4, -0.2) is 18.2 Å². The van der Waals surface area contributed by atoms with E-state index < -0.39 is 0 Å². The summed E-state index contributed by atoms with van der Waals surface area (Å²) in [5.74, 6) is 0.856. The lowest BCUT2D eigenvalue weighted by atomic mass is 9.85. The van der Waals surface area contributed by atoms with E-state index in [9.17, 15) is 4.79 Å². The van der Waals surface area contributed by atoms with E-state index in [1.165, 1.54) is 0 Å². The van der Waals surface area contributed by atoms with Crippen molar-refractivity contribution >= 4 is 11.6 Å². The molecule has 1 amide bonds. The van der Waals surface area contributed by atoms with Gasteiger partial charge in [-0.05, 0) is 56.7 Å². The minimum absolute atomic E-state index is 0.0473. The molecular formula is C19H24N2O2. The molecule has 0 heterocycles. The Morgan fingerprint density at radius 1 is 1.39 bits per heavy atom. The molecular weight excluding hydrogens is 288 g/mol. The number of para-hydroxylation sites is 1. The molecule has 0 saturated heterocycles. The number of amides is 1. The average Bonchev–Trinajstić information content (AvgIpc) is 2.53. The molecule has 4 heteroatoms. The molecule has 2 rings (SSSR count). The molecule has 0 radical (unpaired) electrons. The second kappa shape index (κ2) is 7.77. The summed E-state index contributed by atoms with van der Waals surface area (Å²) in [5, 5.41) is 4.26. The number of allylic oxidation sites excluding steroid dienone is 3. The first kappa shape index (κ1) is 17.0. The van der Waals surface area contributed by atoms with Crippen LogP contribution in [-0.2, 0) is 4.79 Å². The molecule has 122 valence electrons. The average molecular weight is 312 g/mol. The Labute approximate surface area is 137 Å². The smallest absolute Gasteiger partial charge is 0.277 e. The first-order valence-electron chi connectivity index (χ1n) is 7.83. The number of benzene rings is 1. The van der Waals surface area contributed by atoms with Crippen molar-refractivity contribution in [2.45, 2.75) is 33.6 Å². The summed E-state index contributed by atoms with van der Waals surface area (Å²) in [5.41, 5.74) is 6.76. The van der Waals surface area contributed by atoms with Crippen molar-refractivity contribution in [3.05, 3.63) is 53.6 Å². The van der Waals surface area contributed by atoms with Crippen LogP contribution in [0.15, 0.2) is 53.2 Å². The standard InChI is InChI=1S/C19H24N2O2/c1-13(2)16-10-9-14(3)17(11-16)20-21-19(22)12-23-18-8-6-5-7-15(18)4/h5-9,16H,1,10-12H2,2-4H3,(H,21,22)/t16-/m1/s1. The fourth-order valence-corrected chi connectivity index (χ4v) is 2.45. The van der Waals surface area contributed by atoms with Crippen LogP contribution in [0.1, 0.15) is 32.3 Å². The van der Waals surface area contributed by atoms with Gasteiger partial charge >= 0.3 is 0 Å². The number of rotatable bonds is 5. The van der Waals surface area contributed by atoms with E-state index >= 15 is 0 Å². The quantitative estimate of drug-likeness (QED) is 0.664. The minimum atomic E-state index is -0.258. The number of aryl methyl sites for hydroxylation is 1. The monoisotopic (exact) mass is 312 g/mol. The van der Waals surface area contributed by atoms with Gasteiger partial charge in [-0.25, -0.2) is 5.43 Å². The predicted octanol–water partition coefficient (Wildman–Crippen LogP) is 3.78. The Bertz CT molecular complexity index is 659. The van der Waals surface area contributed by atoms with Gasteiger partial charge in [-0.1, -0.05) is 36.4 Å². The lowest BCUT2D eigenvalue weighted by Crippen LogP contribution is -2.27. The zero-order valence-electron chi connectivity index (χ0n) is 14.1. The third-order valence-corrected chi connectivity index (χ3v) is 4.07. The number of nitrogens with zero attached hydrogens (tertiary/aromatic N) is 1. The highest BCUT2D eigenvalue weighted by molar-refractivity contribution is 6.01. The fourth-order valence-electron chi connectivity index (χ4n) is 2.45. The molecule has 0 bridgehead atoms. The molecule has 1 aromatic carbocycles. The van der Waals surface area contributed by atoms with Gasteiger partial charge < -0.3 is 4.74 Å². The van der Waals surface area contributed by atoms with Crippen LogP contribution in [0.2, 0.25) is 0 Å². The van der Waals surface area contributed by atoms with E-state index in [1.807, 2.05) is 45.0 Å². The van der Waals surface area contributed by atoms with Crippen molar-refractivity contribution < 1.29 is 9.53 Å². The minimum Gasteiger partial charge on any atom is -0.483 e. The van der Waals surface area contributed by atoms with Gasteiger partial charge in [0, 0.05) is 0 Å². The molecule has 23 heavy (non-hydrogen) atoms. The van der Waals surface area contributed by atoms with Crippen LogP contribution in [0.4, 0.5) is 0 Å². The van der Waals surface area contributed by atoms with E-state index in [2.05, 4.69) is 23.2 Å². The molecule has 1 atom stereocenters. The Morgan fingerprint density at radius 3 is 2.83 bits per heavy atom. The Hall–Kier alpha value is -2.36. The summed E-state index contributed by atoms with van der Waals surface area (Å²) in [6.07, 6.45) is 3.96. The van der Waals surface area contributed by atoms with Crippen LogP contribution in [0, 0.1) is 12.8 Å². The second-order valence-electron chi connectivity index (χ2n) is 6.02. The van der Waals surface area contributed by atoms with Gasteiger partial charge in [-0.15, -0.1) is 0 Å². The molecule has 0 aromatic heterocycles. The second-order valence-corrected chi connectivity index (χ2v) is 6.02. The normalized spacial score (nSPS) is 19.2. The van der Waals surface area contributed by atoms with Crippen molar-refractivity contribution in [2.24, 2.45) is 11.0 Å². The summed E-state index contributed by atoms with van der Waals surface area (Å²) in [4.78, 5) is 11.9. The molecule has 1 aromatic rings. The third-order valence-electron chi connectivity index (χ3n) is 4.07. The summed E-state index contributed by atoms with van der Waals surface area (Å²) in [6.45, 7) is 9.96. The van der Waals surface area contributed by atoms with Crippen molar-refractivity contribution in [3.63, 3.8) is 0 Å². The molecule has 0 spiro atoms. The Kier molecular flexibility index (Phi) is 5.74. The number of hydrogen-bond donors (Lipinski definition) is 1. The highest BCUT2D eigenvalue weighted by Gasteiger charge is 2.18. The Morgan fingerprint density at radius 2 is 2.13 bits per heavy atom. The molecule has 4 nitrogen and oxygen atoms in total. The number of ether oxygens (including phenoxy) is 1. The van der Waals surface area contributed by atoms with E-state index in [0.29, 0.717) is 11.7 Å². The van der Waals surface area contributed by atoms with Gasteiger partial charge in [0.15, 0.2) is 6.61 Å². The van der Waals surface area contributed by atoms with Gasteiger partial charge in [0.2, 0.25) is 0 Å². The summed E-state index contributed by atoms with van der Waals surface area (Å²) < 4.78 is 5.51. The summed E-state index contributed by atoms with van der Waals surface area (Å²) in [7, 11) is 0. The molecule has 0 aliphatic heterocycles. The number of hydrazone groups is 1. The fraction of sp³-hybridized carbons (Fsp3) is 0.368. The van der Waals surface area contributed by atoms with Gasteiger partial charge in [-0.3, -0.25) is 4.79 Å². The van der Waals surface area contributed by atoms with Crippen molar-refractivity contribution in [1.29, 1.82) is 0 Å².